The van der Waals surface area contributed by atoms with Crippen LogP contribution >= 0.6 is 11.3 Å². The Morgan fingerprint density at radius 2 is 2.17 bits per heavy atom. The molecule has 1 aromatic rings. The Morgan fingerprint density at radius 3 is 2.78 bits per heavy atom. The number of likely N-dealkylation sites (N-methyl/N-ethyl adjacent to an activating group) is 1. The summed E-state index contributed by atoms with van der Waals surface area (Å²) in [6.07, 6.45) is 1.30. The Labute approximate surface area is 141 Å². The number of nitrogens with zero attached hydrogens (tertiary/aromatic N) is 2. The van der Waals surface area contributed by atoms with Crippen molar-refractivity contribution in [2.24, 2.45) is 0 Å². The van der Waals surface area contributed by atoms with Gasteiger partial charge in [0.1, 0.15) is 0 Å². The summed E-state index contributed by atoms with van der Waals surface area (Å²) in [6.45, 7) is 4.62. The van der Waals surface area contributed by atoms with E-state index in [1.54, 1.807) is 23.2 Å². The minimum Gasteiger partial charge on any atom is -0.450 e. The van der Waals surface area contributed by atoms with E-state index in [-0.39, 0.29) is 18.0 Å². The van der Waals surface area contributed by atoms with Gasteiger partial charge in [0.15, 0.2) is 0 Å². The maximum Gasteiger partial charge on any atom is 0.409 e. The first-order chi connectivity index (χ1) is 11.1. The fourth-order valence-corrected chi connectivity index (χ4v) is 3.35. The Bertz CT molecular complexity index is 499. The number of carbonyl (C=O) groups is 2. The zero-order valence-electron chi connectivity index (χ0n) is 13.8. The second-order valence-electron chi connectivity index (χ2n) is 5.83. The standard InChI is InChI=1S/C16H25N3O3S/c1-3-22-16(21)19-7-4-14(5-8-19)17-15(20)11-18(2)10-13-6-9-23-12-13/h6,9,12,14H,3-5,7-8,10-11H2,1-2H3,(H,17,20). The van der Waals surface area contributed by atoms with Crippen LogP contribution < -0.4 is 5.32 Å². The van der Waals surface area contributed by atoms with Crippen LogP contribution in [0.5, 0.6) is 0 Å². The highest BCUT2D eigenvalue weighted by Crippen LogP contribution is 2.12. The van der Waals surface area contributed by atoms with Gasteiger partial charge in [-0.15, -0.1) is 0 Å². The monoisotopic (exact) mass is 339 g/mol. The van der Waals surface area contributed by atoms with Crippen LogP contribution in [-0.2, 0) is 16.1 Å². The van der Waals surface area contributed by atoms with E-state index in [1.165, 1.54) is 5.56 Å². The van der Waals surface area contributed by atoms with Crippen molar-refractivity contribution in [3.8, 4) is 0 Å². The smallest absolute Gasteiger partial charge is 0.409 e. The van der Waals surface area contributed by atoms with Crippen LogP contribution in [0.3, 0.4) is 0 Å². The second-order valence-corrected chi connectivity index (χ2v) is 6.61. The molecule has 23 heavy (non-hydrogen) atoms. The van der Waals surface area contributed by atoms with Crippen LogP contribution in [0, 0.1) is 0 Å². The minimum absolute atomic E-state index is 0.0392. The Hall–Kier alpha value is -1.60. The van der Waals surface area contributed by atoms with Crippen molar-refractivity contribution in [1.29, 1.82) is 0 Å². The number of hydrogen-bond donors (Lipinski definition) is 1. The fourth-order valence-electron chi connectivity index (χ4n) is 2.69. The van der Waals surface area contributed by atoms with Crippen LogP contribution in [-0.4, -0.2) is 61.1 Å². The van der Waals surface area contributed by atoms with E-state index in [0.717, 1.165) is 19.4 Å². The molecule has 0 saturated carbocycles. The van der Waals surface area contributed by atoms with Crippen molar-refractivity contribution in [1.82, 2.24) is 15.1 Å². The minimum atomic E-state index is -0.257. The first-order valence-corrected chi connectivity index (χ1v) is 8.93. The van der Waals surface area contributed by atoms with Crippen molar-refractivity contribution in [3.63, 3.8) is 0 Å². The zero-order valence-corrected chi connectivity index (χ0v) is 14.6. The molecule has 2 rings (SSSR count). The van der Waals surface area contributed by atoms with Crippen LogP contribution in [0.2, 0.25) is 0 Å². The highest BCUT2D eigenvalue weighted by Gasteiger charge is 2.24. The molecule has 1 N–H and O–H groups in total. The molecule has 0 unspecified atom stereocenters. The SMILES string of the molecule is CCOC(=O)N1CCC(NC(=O)CN(C)Cc2ccsc2)CC1. The van der Waals surface area contributed by atoms with Crippen LogP contribution in [0.25, 0.3) is 0 Å². The van der Waals surface area contributed by atoms with E-state index in [0.29, 0.717) is 26.2 Å². The maximum atomic E-state index is 12.1. The third-order valence-corrected chi connectivity index (χ3v) is 4.56. The van der Waals surface area contributed by atoms with E-state index in [4.69, 9.17) is 4.74 Å². The van der Waals surface area contributed by atoms with Crippen LogP contribution in [0.15, 0.2) is 16.8 Å². The molecule has 0 bridgehead atoms. The molecule has 7 heteroatoms. The third kappa shape index (κ3) is 5.84. The van der Waals surface area contributed by atoms with Gasteiger partial charge >= 0.3 is 6.09 Å². The largest absolute Gasteiger partial charge is 0.450 e. The molecule has 1 aliphatic heterocycles. The number of likely N-dealkylation sites (tertiary alicyclic amines) is 1. The number of ether oxygens (including phenoxy) is 1. The lowest BCUT2D eigenvalue weighted by Gasteiger charge is -2.32. The lowest BCUT2D eigenvalue weighted by atomic mass is 10.1. The number of amides is 2. The van der Waals surface area contributed by atoms with E-state index < -0.39 is 0 Å². The molecule has 0 spiro atoms. The highest BCUT2D eigenvalue weighted by atomic mass is 32.1. The first kappa shape index (κ1) is 17.7. The molecule has 0 atom stereocenters. The number of thiophene rings is 1. The predicted molar refractivity (Wildman–Crippen MR) is 90.4 cm³/mol. The number of piperidine rings is 1. The van der Waals surface area contributed by atoms with Gasteiger partial charge < -0.3 is 15.0 Å². The van der Waals surface area contributed by atoms with Crippen molar-refractivity contribution in [2.45, 2.75) is 32.4 Å². The molecule has 0 radical (unpaired) electrons. The number of hydrogen-bond acceptors (Lipinski definition) is 5. The van der Waals surface area contributed by atoms with E-state index in [9.17, 15) is 9.59 Å². The van der Waals surface area contributed by atoms with Crippen LogP contribution in [0.1, 0.15) is 25.3 Å². The van der Waals surface area contributed by atoms with Gasteiger partial charge in [-0.2, -0.15) is 11.3 Å². The van der Waals surface area contributed by atoms with Crippen molar-refractivity contribution in [3.05, 3.63) is 22.4 Å². The number of carbonyl (C=O) groups excluding carboxylic acids is 2. The highest BCUT2D eigenvalue weighted by molar-refractivity contribution is 7.07. The van der Waals surface area contributed by atoms with Crippen LogP contribution in [0.4, 0.5) is 4.79 Å². The van der Waals surface area contributed by atoms with E-state index >= 15 is 0 Å². The summed E-state index contributed by atoms with van der Waals surface area (Å²) in [6, 6.07) is 2.21. The third-order valence-electron chi connectivity index (χ3n) is 3.83. The second kappa shape index (κ2) is 8.88. The van der Waals surface area contributed by atoms with Gasteiger partial charge in [-0.05, 0) is 49.2 Å². The summed E-state index contributed by atoms with van der Waals surface area (Å²) in [4.78, 5) is 27.5. The number of nitrogens with one attached hydrogen (secondary N) is 1. The molecule has 2 heterocycles. The summed E-state index contributed by atoms with van der Waals surface area (Å²) >= 11 is 1.67. The average Bonchev–Trinajstić information content (AvgIpc) is 3.00. The Balaban J connectivity index is 1.67. The average molecular weight is 339 g/mol. The first-order valence-electron chi connectivity index (χ1n) is 7.99. The van der Waals surface area contributed by atoms with Crippen molar-refractivity contribution in [2.75, 3.05) is 33.3 Å². The molecule has 1 saturated heterocycles. The van der Waals surface area contributed by atoms with Gasteiger partial charge in [-0.25, -0.2) is 4.79 Å². The van der Waals surface area contributed by atoms with Crippen molar-refractivity contribution < 1.29 is 14.3 Å². The molecule has 1 aliphatic rings. The number of rotatable bonds is 6. The Kier molecular flexibility index (Phi) is 6.85. The maximum absolute atomic E-state index is 12.1. The fraction of sp³-hybridized carbons (Fsp3) is 0.625. The molecular weight excluding hydrogens is 314 g/mol. The predicted octanol–water partition coefficient (Wildman–Crippen LogP) is 1.92. The lowest BCUT2D eigenvalue weighted by Crippen LogP contribution is -2.48. The molecule has 0 aliphatic carbocycles. The zero-order chi connectivity index (χ0) is 16.7. The van der Waals surface area contributed by atoms with Gasteiger partial charge in [-0.3, -0.25) is 9.69 Å². The normalized spacial score (nSPS) is 15.7. The molecule has 6 nitrogen and oxygen atoms in total. The molecule has 2 amide bonds. The summed E-state index contributed by atoms with van der Waals surface area (Å²) in [7, 11) is 1.95. The van der Waals surface area contributed by atoms with Gasteiger partial charge in [0.05, 0.1) is 13.2 Å². The Morgan fingerprint density at radius 1 is 1.43 bits per heavy atom. The molecule has 1 fully saturated rings. The van der Waals surface area contributed by atoms with Gasteiger partial charge in [0.2, 0.25) is 5.91 Å². The molecular formula is C16H25N3O3S. The summed E-state index contributed by atoms with van der Waals surface area (Å²) in [5.41, 5.74) is 1.23. The van der Waals surface area contributed by atoms with Gasteiger partial charge in [0.25, 0.3) is 0 Å². The summed E-state index contributed by atoms with van der Waals surface area (Å²) in [5, 5.41) is 7.20. The topological polar surface area (TPSA) is 61.9 Å². The molecule has 1 aromatic heterocycles. The van der Waals surface area contributed by atoms with E-state index in [2.05, 4.69) is 16.8 Å². The molecule has 0 aromatic carbocycles. The van der Waals surface area contributed by atoms with E-state index in [1.807, 2.05) is 17.3 Å². The summed E-state index contributed by atoms with van der Waals surface area (Å²) < 4.78 is 4.99. The molecule has 128 valence electrons. The van der Waals surface area contributed by atoms with Gasteiger partial charge in [-0.1, -0.05) is 0 Å². The summed E-state index contributed by atoms with van der Waals surface area (Å²) in [5.74, 6) is 0.0392. The lowest BCUT2D eigenvalue weighted by molar-refractivity contribution is -0.123. The van der Waals surface area contributed by atoms with Gasteiger partial charge in [0, 0.05) is 25.7 Å². The van der Waals surface area contributed by atoms with Crippen molar-refractivity contribution >= 4 is 23.3 Å². The quantitative estimate of drug-likeness (QED) is 0.860.